The topological polar surface area (TPSA) is 46.5 Å². The Balaban J connectivity index is 1.71. The monoisotopic (exact) mass is 334 g/mol. The summed E-state index contributed by atoms with van der Waals surface area (Å²) in [7, 11) is 0. The summed E-state index contributed by atoms with van der Waals surface area (Å²) >= 11 is 0. The van der Waals surface area contributed by atoms with Gasteiger partial charge in [-0.3, -0.25) is 4.79 Å². The van der Waals surface area contributed by atoms with Crippen LogP contribution in [-0.4, -0.2) is 23.8 Å². The first-order valence-corrected chi connectivity index (χ1v) is 9.76. The number of aliphatic hydroxyl groups is 1. The van der Waals surface area contributed by atoms with Gasteiger partial charge in [-0.15, -0.1) is 0 Å². The molecule has 6 atom stereocenters. The predicted molar refractivity (Wildman–Crippen MR) is 95.4 cm³/mol. The Bertz CT molecular complexity index is 513. The smallest absolute Gasteiger partial charge is 0.302 e. The molecule has 3 aliphatic rings. The molecule has 24 heavy (non-hydrogen) atoms. The van der Waals surface area contributed by atoms with E-state index in [1.807, 2.05) is 0 Å². The number of fused-ring (bicyclic) bond motifs is 1. The number of hydrogen-bond acceptors (Lipinski definition) is 3. The molecule has 0 heterocycles. The minimum Gasteiger partial charge on any atom is -0.463 e. The van der Waals surface area contributed by atoms with Crippen LogP contribution in [0.1, 0.15) is 72.1 Å². The molecule has 3 nitrogen and oxygen atoms in total. The van der Waals surface area contributed by atoms with Crippen molar-refractivity contribution in [2.24, 2.45) is 28.6 Å². The van der Waals surface area contributed by atoms with E-state index in [1.165, 1.54) is 44.6 Å². The van der Waals surface area contributed by atoms with Crippen LogP contribution >= 0.6 is 0 Å². The molecule has 0 spiro atoms. The maximum absolute atomic E-state index is 11.3. The highest BCUT2D eigenvalue weighted by Crippen LogP contribution is 2.61. The van der Waals surface area contributed by atoms with Crippen LogP contribution in [0.4, 0.5) is 0 Å². The molecule has 3 aliphatic carbocycles. The van der Waals surface area contributed by atoms with Gasteiger partial charge < -0.3 is 9.84 Å². The van der Waals surface area contributed by atoms with E-state index < -0.39 is 0 Å². The molecule has 0 aromatic carbocycles. The number of hydrogen-bond donors (Lipinski definition) is 1. The van der Waals surface area contributed by atoms with Gasteiger partial charge in [-0.2, -0.15) is 0 Å². The van der Waals surface area contributed by atoms with Crippen LogP contribution in [0.25, 0.3) is 0 Å². The van der Waals surface area contributed by atoms with Crippen LogP contribution in [0.2, 0.25) is 0 Å². The Morgan fingerprint density at radius 2 is 1.96 bits per heavy atom. The molecule has 136 valence electrons. The van der Waals surface area contributed by atoms with Gasteiger partial charge in [0.2, 0.25) is 0 Å². The second-order valence-electron chi connectivity index (χ2n) is 9.12. The van der Waals surface area contributed by atoms with Crippen LogP contribution in [-0.2, 0) is 9.53 Å². The van der Waals surface area contributed by atoms with E-state index in [-0.39, 0.29) is 30.0 Å². The summed E-state index contributed by atoms with van der Waals surface area (Å²) in [6, 6.07) is 0. The van der Waals surface area contributed by atoms with Gasteiger partial charge in [-0.1, -0.05) is 26.0 Å². The molecule has 0 aliphatic heterocycles. The summed E-state index contributed by atoms with van der Waals surface area (Å²) in [5.74, 6) is 1.50. The van der Waals surface area contributed by atoms with E-state index >= 15 is 0 Å². The number of ether oxygens (including phenoxy) is 1. The van der Waals surface area contributed by atoms with Crippen molar-refractivity contribution in [2.45, 2.75) is 78.2 Å². The lowest BCUT2D eigenvalue weighted by molar-refractivity contribution is -0.153. The number of rotatable bonds is 3. The molecule has 3 saturated carbocycles. The third kappa shape index (κ3) is 2.94. The third-order valence-corrected chi connectivity index (χ3v) is 8.06. The molecule has 0 radical (unpaired) electrons. The molecule has 0 aromatic heterocycles. The molecule has 0 aromatic rings. The molecule has 3 heteroatoms. The fraction of sp³-hybridized carbons (Fsp3) is 0.857. The Morgan fingerprint density at radius 1 is 1.21 bits per heavy atom. The highest BCUT2D eigenvalue weighted by molar-refractivity contribution is 5.66. The van der Waals surface area contributed by atoms with E-state index in [2.05, 4.69) is 20.4 Å². The lowest BCUT2D eigenvalue weighted by atomic mass is 9.53. The Labute approximate surface area is 146 Å². The average molecular weight is 335 g/mol. The second kappa shape index (κ2) is 6.48. The number of aliphatic hydroxyl groups excluding tert-OH is 1. The summed E-state index contributed by atoms with van der Waals surface area (Å²) in [5.41, 5.74) is 2.00. The van der Waals surface area contributed by atoms with E-state index in [1.54, 1.807) is 0 Å². The van der Waals surface area contributed by atoms with Gasteiger partial charge in [0, 0.05) is 13.5 Å². The van der Waals surface area contributed by atoms with E-state index in [0.29, 0.717) is 11.3 Å². The molecule has 3 rings (SSSR count). The maximum atomic E-state index is 11.3. The Morgan fingerprint density at radius 3 is 2.62 bits per heavy atom. The average Bonchev–Trinajstić information content (AvgIpc) is 2.83. The minimum absolute atomic E-state index is 0.00663. The Kier molecular flexibility index (Phi) is 4.85. The summed E-state index contributed by atoms with van der Waals surface area (Å²) in [6.07, 6.45) is 9.08. The van der Waals surface area contributed by atoms with Crippen molar-refractivity contribution in [1.29, 1.82) is 0 Å². The first kappa shape index (κ1) is 18.0. The Hall–Kier alpha value is -0.830. The van der Waals surface area contributed by atoms with Gasteiger partial charge in [0.05, 0.1) is 0 Å². The van der Waals surface area contributed by atoms with Crippen LogP contribution in [0.15, 0.2) is 12.2 Å². The van der Waals surface area contributed by atoms with Crippen LogP contribution in [0, 0.1) is 28.6 Å². The molecular weight excluding hydrogens is 300 g/mol. The molecule has 2 unspecified atom stereocenters. The molecule has 0 saturated heterocycles. The van der Waals surface area contributed by atoms with Crippen molar-refractivity contribution < 1.29 is 14.6 Å². The standard InChI is InChI=1S/C21H34O3/c1-14-5-6-16-11-17(7-9-20(14,16)3)21(4)10-8-19(24-15(2)23)12-18(21)13-22/h16-19,22H,1,5-13H2,2-4H3/t16?,17?,18-,19+,20-,21-/m1/s1. The number of allylic oxidation sites excluding steroid dienone is 1. The number of carbonyl (C=O) groups excluding carboxylic acids is 1. The molecule has 1 N–H and O–H groups in total. The molecular formula is C21H34O3. The van der Waals surface area contributed by atoms with Crippen LogP contribution in [0.5, 0.6) is 0 Å². The lowest BCUT2D eigenvalue weighted by Gasteiger charge is -2.53. The summed E-state index contributed by atoms with van der Waals surface area (Å²) in [4.78, 5) is 11.3. The quantitative estimate of drug-likeness (QED) is 0.611. The van der Waals surface area contributed by atoms with Crippen LogP contribution in [0.3, 0.4) is 0 Å². The normalized spacial score (nSPS) is 45.8. The van der Waals surface area contributed by atoms with E-state index in [0.717, 1.165) is 25.2 Å². The zero-order valence-corrected chi connectivity index (χ0v) is 15.6. The van der Waals surface area contributed by atoms with Crippen molar-refractivity contribution in [1.82, 2.24) is 0 Å². The predicted octanol–water partition coefficient (Wildman–Crippen LogP) is 4.49. The van der Waals surface area contributed by atoms with Gasteiger partial charge in [0.25, 0.3) is 0 Å². The fourth-order valence-electron chi connectivity index (χ4n) is 6.08. The maximum Gasteiger partial charge on any atom is 0.302 e. The van der Waals surface area contributed by atoms with E-state index in [9.17, 15) is 9.90 Å². The second-order valence-corrected chi connectivity index (χ2v) is 9.12. The largest absolute Gasteiger partial charge is 0.463 e. The fourth-order valence-corrected chi connectivity index (χ4v) is 6.08. The zero-order chi connectivity index (χ0) is 17.5. The minimum atomic E-state index is -0.196. The van der Waals surface area contributed by atoms with Crippen molar-refractivity contribution in [3.8, 4) is 0 Å². The lowest BCUT2D eigenvalue weighted by Crippen LogP contribution is -2.47. The summed E-state index contributed by atoms with van der Waals surface area (Å²) in [5, 5.41) is 10.0. The third-order valence-electron chi connectivity index (χ3n) is 8.06. The highest BCUT2D eigenvalue weighted by atomic mass is 16.5. The van der Waals surface area contributed by atoms with Crippen molar-refractivity contribution in [3.63, 3.8) is 0 Å². The molecule has 0 amide bonds. The number of esters is 1. The van der Waals surface area contributed by atoms with Gasteiger partial charge in [0.15, 0.2) is 0 Å². The highest BCUT2D eigenvalue weighted by Gasteiger charge is 2.52. The SMILES string of the molecule is C=C1CCC2CC([C@@]3(C)CC[C@H](OC(C)=O)C[C@@H]3CO)CC[C@]12C. The van der Waals surface area contributed by atoms with Crippen molar-refractivity contribution in [3.05, 3.63) is 12.2 Å². The summed E-state index contributed by atoms with van der Waals surface area (Å²) in [6.45, 7) is 10.8. The van der Waals surface area contributed by atoms with E-state index in [4.69, 9.17) is 4.74 Å². The van der Waals surface area contributed by atoms with Gasteiger partial charge in [-0.25, -0.2) is 0 Å². The van der Waals surface area contributed by atoms with Crippen LogP contribution < -0.4 is 0 Å². The first-order chi connectivity index (χ1) is 11.3. The molecule has 3 fully saturated rings. The first-order valence-electron chi connectivity index (χ1n) is 9.76. The van der Waals surface area contributed by atoms with Gasteiger partial charge >= 0.3 is 5.97 Å². The van der Waals surface area contributed by atoms with Gasteiger partial charge in [-0.05, 0) is 80.0 Å². The van der Waals surface area contributed by atoms with Crippen molar-refractivity contribution in [2.75, 3.05) is 6.61 Å². The summed E-state index contributed by atoms with van der Waals surface area (Å²) < 4.78 is 5.44. The van der Waals surface area contributed by atoms with Gasteiger partial charge in [0.1, 0.15) is 6.10 Å². The van der Waals surface area contributed by atoms with Crippen molar-refractivity contribution >= 4 is 5.97 Å². The number of carbonyl (C=O) groups is 1. The molecule has 0 bridgehead atoms. The zero-order valence-electron chi connectivity index (χ0n) is 15.6.